The van der Waals surface area contributed by atoms with Crippen LogP contribution in [-0.4, -0.2) is 30.5 Å². The van der Waals surface area contributed by atoms with E-state index in [4.69, 9.17) is 27.9 Å². The number of hydrogen-bond acceptors (Lipinski definition) is 5. The minimum absolute atomic E-state index is 0.0330. The molecule has 0 amide bonds. The molecule has 0 N–H and O–H groups in total. The highest BCUT2D eigenvalue weighted by atomic mass is 35.5. The molecule has 1 aromatic rings. The van der Waals surface area contributed by atoms with Crippen molar-refractivity contribution in [2.75, 3.05) is 0 Å². The Labute approximate surface area is 115 Å². The van der Waals surface area contributed by atoms with Crippen LogP contribution in [0.3, 0.4) is 0 Å². The molecule has 1 aromatic heterocycles. The second kappa shape index (κ2) is 4.66. The summed E-state index contributed by atoms with van der Waals surface area (Å²) in [7, 11) is 0. The largest absolute Gasteiger partial charge is 0.457 e. The fourth-order valence-corrected chi connectivity index (χ4v) is 2.31. The van der Waals surface area contributed by atoms with Gasteiger partial charge in [0.1, 0.15) is 9.75 Å². The lowest BCUT2D eigenvalue weighted by Gasteiger charge is -2.11. The smallest absolute Gasteiger partial charge is 0.315 e. The molecule has 0 radical (unpaired) electrons. The van der Waals surface area contributed by atoms with Crippen LogP contribution in [0.4, 0.5) is 0 Å². The fourth-order valence-electron chi connectivity index (χ4n) is 1.62. The number of aromatic nitrogens is 4. The Kier molecular flexibility index (Phi) is 3.51. The Morgan fingerprint density at radius 2 is 2.22 bits per heavy atom. The molecule has 2 rings (SSSR count). The van der Waals surface area contributed by atoms with Crippen molar-refractivity contribution in [1.82, 2.24) is 20.2 Å². The van der Waals surface area contributed by atoms with Crippen LogP contribution in [-0.2, 0) is 22.7 Å². The summed E-state index contributed by atoms with van der Waals surface area (Å²) in [4.78, 5) is 11.8. The van der Waals surface area contributed by atoms with Crippen LogP contribution in [0.15, 0.2) is 0 Å². The van der Waals surface area contributed by atoms with Gasteiger partial charge in [-0.3, -0.25) is 4.79 Å². The molecular formula is C10H14Cl2N4O2. The predicted molar refractivity (Wildman–Crippen MR) is 65.1 cm³/mol. The zero-order valence-corrected chi connectivity index (χ0v) is 11.7. The summed E-state index contributed by atoms with van der Waals surface area (Å²) in [6.07, 6.45) is 1.30. The topological polar surface area (TPSA) is 69.9 Å². The van der Waals surface area contributed by atoms with E-state index in [0.717, 1.165) is 6.42 Å². The molecule has 0 aliphatic heterocycles. The molecule has 1 aliphatic carbocycles. The number of ether oxygens (including phenoxy) is 1. The van der Waals surface area contributed by atoms with Gasteiger partial charge in [0.25, 0.3) is 0 Å². The molecule has 1 heterocycles. The molecule has 0 saturated heterocycles. The molecule has 0 aromatic carbocycles. The average Bonchev–Trinajstić information content (AvgIpc) is 2.66. The van der Waals surface area contributed by atoms with E-state index in [1.165, 1.54) is 0 Å². The van der Waals surface area contributed by atoms with Crippen molar-refractivity contribution < 1.29 is 9.53 Å². The van der Waals surface area contributed by atoms with Crippen molar-refractivity contribution >= 4 is 29.2 Å². The molecule has 1 aliphatic rings. The molecule has 1 saturated carbocycles. The summed E-state index contributed by atoms with van der Waals surface area (Å²) in [5, 5.41) is 11.2. The molecule has 1 unspecified atom stereocenters. The zero-order chi connectivity index (χ0) is 13.4. The number of tetrazole rings is 1. The van der Waals surface area contributed by atoms with Gasteiger partial charge in [0.2, 0.25) is 0 Å². The maximum Gasteiger partial charge on any atom is 0.315 e. The Bertz CT molecular complexity index is 462. The van der Waals surface area contributed by atoms with E-state index < -0.39 is 15.7 Å². The maximum atomic E-state index is 11.8. The van der Waals surface area contributed by atoms with Gasteiger partial charge in [-0.25, -0.2) is 4.68 Å². The second-order valence-corrected chi connectivity index (χ2v) is 6.09. The molecule has 18 heavy (non-hydrogen) atoms. The van der Waals surface area contributed by atoms with Crippen molar-refractivity contribution in [3.63, 3.8) is 0 Å². The van der Waals surface area contributed by atoms with Gasteiger partial charge in [0.15, 0.2) is 12.4 Å². The van der Waals surface area contributed by atoms with Gasteiger partial charge in [-0.2, -0.15) is 0 Å². The molecular weight excluding hydrogens is 279 g/mol. The number of carbonyl (C=O) groups is 1. The molecule has 8 heteroatoms. The maximum absolute atomic E-state index is 11.8. The SMILES string of the molecule is CCCn1nnnc1COC(=O)C1(C)CC1(Cl)Cl. The van der Waals surface area contributed by atoms with Gasteiger partial charge in [-0.1, -0.05) is 6.92 Å². The Balaban J connectivity index is 1.92. The molecule has 1 atom stereocenters. The molecule has 0 spiro atoms. The number of nitrogens with zero attached hydrogens (tertiary/aromatic N) is 4. The standard InChI is InChI=1S/C10H14Cl2N4O2/c1-3-4-16-7(13-14-15-16)5-18-8(17)9(2)6-10(9,11)12/h3-6H2,1-2H3. The van der Waals surface area contributed by atoms with Crippen LogP contribution in [0.2, 0.25) is 0 Å². The van der Waals surface area contributed by atoms with Gasteiger partial charge >= 0.3 is 5.97 Å². The number of esters is 1. The third-order valence-corrected chi connectivity index (χ3v) is 4.18. The lowest BCUT2D eigenvalue weighted by Crippen LogP contribution is -2.22. The van der Waals surface area contributed by atoms with Crippen LogP contribution in [0, 0.1) is 5.41 Å². The van der Waals surface area contributed by atoms with Gasteiger partial charge in [0, 0.05) is 13.0 Å². The number of rotatable bonds is 5. The quantitative estimate of drug-likeness (QED) is 0.610. The summed E-state index contributed by atoms with van der Waals surface area (Å²) in [5.74, 6) is 0.0998. The zero-order valence-electron chi connectivity index (χ0n) is 10.2. The summed E-state index contributed by atoms with van der Waals surface area (Å²) in [5.41, 5.74) is -0.820. The monoisotopic (exact) mass is 292 g/mol. The highest BCUT2D eigenvalue weighted by Gasteiger charge is 2.69. The summed E-state index contributed by atoms with van der Waals surface area (Å²) < 4.78 is 5.76. The Morgan fingerprint density at radius 1 is 1.56 bits per heavy atom. The Morgan fingerprint density at radius 3 is 2.78 bits per heavy atom. The van der Waals surface area contributed by atoms with Crippen molar-refractivity contribution in [2.24, 2.45) is 5.41 Å². The summed E-state index contributed by atoms with van der Waals surface area (Å²) in [6.45, 7) is 4.42. The van der Waals surface area contributed by atoms with E-state index in [-0.39, 0.29) is 6.61 Å². The van der Waals surface area contributed by atoms with E-state index in [0.29, 0.717) is 18.8 Å². The predicted octanol–water partition coefficient (Wildman–Crippen LogP) is 1.71. The molecule has 100 valence electrons. The van der Waals surface area contributed by atoms with E-state index >= 15 is 0 Å². The van der Waals surface area contributed by atoms with Gasteiger partial charge < -0.3 is 4.74 Å². The van der Waals surface area contributed by atoms with Crippen LogP contribution in [0.1, 0.15) is 32.5 Å². The minimum atomic E-state index is -1.01. The van der Waals surface area contributed by atoms with Crippen LogP contribution < -0.4 is 0 Å². The first-order valence-electron chi connectivity index (χ1n) is 5.71. The number of carbonyl (C=O) groups excluding carboxylic acids is 1. The molecule has 6 nitrogen and oxygen atoms in total. The third kappa shape index (κ3) is 2.31. The average molecular weight is 293 g/mol. The van der Waals surface area contributed by atoms with E-state index in [9.17, 15) is 4.79 Å². The molecule has 1 fully saturated rings. The second-order valence-electron chi connectivity index (χ2n) is 4.61. The number of hydrogen-bond donors (Lipinski definition) is 0. The lowest BCUT2D eigenvalue weighted by atomic mass is 10.1. The van der Waals surface area contributed by atoms with Gasteiger partial charge in [-0.05, 0) is 23.8 Å². The van der Waals surface area contributed by atoms with E-state index in [1.54, 1.807) is 11.6 Å². The summed E-state index contributed by atoms with van der Waals surface area (Å²) in [6, 6.07) is 0. The minimum Gasteiger partial charge on any atom is -0.457 e. The third-order valence-electron chi connectivity index (χ3n) is 3.08. The van der Waals surface area contributed by atoms with E-state index in [2.05, 4.69) is 15.5 Å². The van der Waals surface area contributed by atoms with Crippen LogP contribution in [0.25, 0.3) is 0 Å². The van der Waals surface area contributed by atoms with E-state index in [1.807, 2.05) is 6.92 Å². The number of alkyl halides is 2. The Hall–Kier alpha value is -0.880. The van der Waals surface area contributed by atoms with Crippen molar-refractivity contribution in [2.45, 2.75) is 44.2 Å². The van der Waals surface area contributed by atoms with Gasteiger partial charge in [-0.15, -0.1) is 28.3 Å². The first-order chi connectivity index (χ1) is 8.40. The first kappa shape index (κ1) is 13.5. The van der Waals surface area contributed by atoms with Crippen molar-refractivity contribution in [3.8, 4) is 0 Å². The van der Waals surface area contributed by atoms with Gasteiger partial charge in [0.05, 0.1) is 0 Å². The normalized spacial score (nSPS) is 24.9. The van der Waals surface area contributed by atoms with Crippen LogP contribution >= 0.6 is 23.2 Å². The fraction of sp³-hybridized carbons (Fsp3) is 0.800. The highest BCUT2D eigenvalue weighted by Crippen LogP contribution is 2.64. The van der Waals surface area contributed by atoms with Crippen molar-refractivity contribution in [3.05, 3.63) is 5.82 Å². The number of aryl methyl sites for hydroxylation is 1. The van der Waals surface area contributed by atoms with Crippen LogP contribution in [0.5, 0.6) is 0 Å². The first-order valence-corrected chi connectivity index (χ1v) is 6.46. The molecule has 0 bridgehead atoms. The number of halogens is 2. The summed E-state index contributed by atoms with van der Waals surface area (Å²) >= 11 is 11.8. The van der Waals surface area contributed by atoms with Crippen molar-refractivity contribution in [1.29, 1.82) is 0 Å². The lowest BCUT2D eigenvalue weighted by molar-refractivity contribution is -0.151. The highest BCUT2D eigenvalue weighted by molar-refractivity contribution is 6.53.